The van der Waals surface area contributed by atoms with Gasteiger partial charge in [-0.15, -0.1) is 11.6 Å². The van der Waals surface area contributed by atoms with Crippen LogP contribution in [0.2, 0.25) is 0 Å². The molecule has 0 aliphatic heterocycles. The summed E-state index contributed by atoms with van der Waals surface area (Å²) in [5.74, 6) is 0.292. The summed E-state index contributed by atoms with van der Waals surface area (Å²) in [4.78, 5) is 21.1. The minimum absolute atomic E-state index is 0.0778. The van der Waals surface area contributed by atoms with E-state index < -0.39 is 0 Å². The molecule has 3 rings (SSSR count). The molecule has 3 N–H and O–H groups in total. The zero-order valence-corrected chi connectivity index (χ0v) is 16.0. The number of phenols is 1. The number of aryl methyl sites for hydroxylation is 1. The van der Waals surface area contributed by atoms with Gasteiger partial charge in [-0.1, -0.05) is 17.8 Å². The standard InChI is InChI=1S/C19H17ClN4O2S/c1-12-11-21-19(23-14-3-2-4-15(25)9-14)24-18(12)27-16-7-5-13(6-8-16)22-17(26)10-20/h2-9,11,25H,10H2,1H3,(H,22,26)(H,21,23,24). The fourth-order valence-corrected chi connectivity index (χ4v) is 3.12. The summed E-state index contributed by atoms with van der Waals surface area (Å²) in [6.07, 6.45) is 1.75. The van der Waals surface area contributed by atoms with E-state index in [4.69, 9.17) is 11.6 Å². The molecule has 8 heteroatoms. The molecule has 0 saturated heterocycles. The van der Waals surface area contributed by atoms with E-state index in [9.17, 15) is 9.90 Å². The van der Waals surface area contributed by atoms with Crippen LogP contribution in [0.3, 0.4) is 0 Å². The minimum Gasteiger partial charge on any atom is -0.508 e. The third-order valence-electron chi connectivity index (χ3n) is 3.50. The molecule has 0 saturated carbocycles. The number of phenolic OH excluding ortho intramolecular Hbond substituents is 1. The molecule has 1 heterocycles. The van der Waals surface area contributed by atoms with Crippen LogP contribution in [0.15, 0.2) is 64.6 Å². The second kappa shape index (κ2) is 8.75. The molecule has 3 aromatic rings. The fourth-order valence-electron chi connectivity index (χ4n) is 2.22. The molecular weight excluding hydrogens is 384 g/mol. The first-order valence-electron chi connectivity index (χ1n) is 8.07. The fraction of sp³-hybridized carbons (Fsp3) is 0.105. The molecule has 0 radical (unpaired) electrons. The second-order valence-electron chi connectivity index (χ2n) is 5.67. The number of halogens is 1. The van der Waals surface area contributed by atoms with Crippen molar-refractivity contribution < 1.29 is 9.90 Å². The van der Waals surface area contributed by atoms with Gasteiger partial charge in [0.15, 0.2) is 0 Å². The van der Waals surface area contributed by atoms with Crippen LogP contribution >= 0.6 is 23.4 Å². The Labute approximate surface area is 166 Å². The van der Waals surface area contributed by atoms with Crippen molar-refractivity contribution in [1.82, 2.24) is 9.97 Å². The van der Waals surface area contributed by atoms with Gasteiger partial charge in [0.25, 0.3) is 0 Å². The highest BCUT2D eigenvalue weighted by molar-refractivity contribution is 7.99. The number of anilines is 3. The summed E-state index contributed by atoms with van der Waals surface area (Å²) in [5.41, 5.74) is 2.34. The first-order chi connectivity index (χ1) is 13.0. The summed E-state index contributed by atoms with van der Waals surface area (Å²) in [5, 5.41) is 16.1. The second-order valence-corrected chi connectivity index (χ2v) is 6.99. The quantitative estimate of drug-likeness (QED) is 0.415. The smallest absolute Gasteiger partial charge is 0.239 e. The molecular formula is C19H17ClN4O2S. The van der Waals surface area contributed by atoms with Crippen LogP contribution < -0.4 is 10.6 Å². The molecule has 0 fully saturated rings. The van der Waals surface area contributed by atoms with Crippen molar-refractivity contribution in [2.24, 2.45) is 0 Å². The van der Waals surface area contributed by atoms with E-state index in [0.29, 0.717) is 17.3 Å². The van der Waals surface area contributed by atoms with Crippen molar-refractivity contribution in [2.75, 3.05) is 16.5 Å². The molecule has 0 aliphatic rings. The number of hydrogen-bond donors (Lipinski definition) is 3. The van der Waals surface area contributed by atoms with Gasteiger partial charge in [0.2, 0.25) is 11.9 Å². The molecule has 0 spiro atoms. The molecule has 1 amide bonds. The minimum atomic E-state index is -0.244. The van der Waals surface area contributed by atoms with Gasteiger partial charge in [-0.25, -0.2) is 9.97 Å². The number of amides is 1. The van der Waals surface area contributed by atoms with Crippen LogP contribution in [0, 0.1) is 6.92 Å². The predicted octanol–water partition coefficient (Wildman–Crippen LogP) is 4.56. The van der Waals surface area contributed by atoms with Gasteiger partial charge < -0.3 is 15.7 Å². The molecule has 0 bridgehead atoms. The predicted molar refractivity (Wildman–Crippen MR) is 108 cm³/mol. The zero-order valence-electron chi connectivity index (χ0n) is 14.4. The molecule has 27 heavy (non-hydrogen) atoms. The normalized spacial score (nSPS) is 10.4. The van der Waals surface area contributed by atoms with Crippen LogP contribution in [0.4, 0.5) is 17.3 Å². The average Bonchev–Trinajstić information content (AvgIpc) is 2.66. The molecule has 6 nitrogen and oxygen atoms in total. The number of aromatic nitrogens is 2. The van der Waals surface area contributed by atoms with Gasteiger partial charge in [0.1, 0.15) is 16.7 Å². The summed E-state index contributed by atoms with van der Waals surface area (Å²) in [6, 6.07) is 14.2. The number of benzene rings is 2. The van der Waals surface area contributed by atoms with E-state index in [0.717, 1.165) is 15.5 Å². The number of nitrogens with one attached hydrogen (secondary N) is 2. The van der Waals surface area contributed by atoms with Crippen molar-refractivity contribution in [1.29, 1.82) is 0 Å². The maximum Gasteiger partial charge on any atom is 0.239 e. The van der Waals surface area contributed by atoms with E-state index in [1.165, 1.54) is 11.8 Å². The lowest BCUT2D eigenvalue weighted by Crippen LogP contribution is -2.12. The zero-order chi connectivity index (χ0) is 19.2. The number of aromatic hydroxyl groups is 1. The van der Waals surface area contributed by atoms with Crippen molar-refractivity contribution >= 4 is 46.6 Å². The largest absolute Gasteiger partial charge is 0.508 e. The first kappa shape index (κ1) is 19.0. The van der Waals surface area contributed by atoms with Gasteiger partial charge in [-0.2, -0.15) is 0 Å². The van der Waals surface area contributed by atoms with E-state index in [1.54, 1.807) is 24.4 Å². The van der Waals surface area contributed by atoms with Gasteiger partial charge in [-0.05, 0) is 43.3 Å². The Balaban J connectivity index is 1.73. The molecule has 0 aliphatic carbocycles. The first-order valence-corrected chi connectivity index (χ1v) is 9.42. The molecule has 0 unspecified atom stereocenters. The summed E-state index contributed by atoms with van der Waals surface area (Å²) in [7, 11) is 0. The number of rotatable bonds is 6. The maximum absolute atomic E-state index is 11.3. The third kappa shape index (κ3) is 5.35. The Morgan fingerprint density at radius 2 is 1.96 bits per heavy atom. The Bertz CT molecular complexity index is 951. The molecule has 138 valence electrons. The highest BCUT2D eigenvalue weighted by atomic mass is 35.5. The van der Waals surface area contributed by atoms with Crippen molar-refractivity contribution in [3.8, 4) is 5.75 Å². The van der Waals surface area contributed by atoms with Crippen LogP contribution in [0.25, 0.3) is 0 Å². The Morgan fingerprint density at radius 1 is 1.19 bits per heavy atom. The number of carbonyl (C=O) groups is 1. The van der Waals surface area contributed by atoms with E-state index in [-0.39, 0.29) is 17.5 Å². The van der Waals surface area contributed by atoms with Crippen molar-refractivity contribution in [2.45, 2.75) is 16.8 Å². The molecule has 1 aromatic heterocycles. The molecule has 0 atom stereocenters. The van der Waals surface area contributed by atoms with Crippen LogP contribution in [0.1, 0.15) is 5.56 Å². The van der Waals surface area contributed by atoms with Crippen molar-refractivity contribution in [3.05, 3.63) is 60.3 Å². The van der Waals surface area contributed by atoms with E-state index >= 15 is 0 Å². The highest BCUT2D eigenvalue weighted by Gasteiger charge is 2.08. The SMILES string of the molecule is Cc1cnc(Nc2cccc(O)c2)nc1Sc1ccc(NC(=O)CCl)cc1. The Kier molecular flexibility index (Phi) is 6.16. The highest BCUT2D eigenvalue weighted by Crippen LogP contribution is 2.30. The number of nitrogens with zero attached hydrogens (tertiary/aromatic N) is 2. The Morgan fingerprint density at radius 3 is 2.67 bits per heavy atom. The van der Waals surface area contributed by atoms with Gasteiger partial charge in [-0.3, -0.25) is 4.79 Å². The number of carbonyl (C=O) groups excluding carboxylic acids is 1. The maximum atomic E-state index is 11.3. The topological polar surface area (TPSA) is 87.1 Å². The molecule has 2 aromatic carbocycles. The van der Waals surface area contributed by atoms with Crippen LogP contribution in [0.5, 0.6) is 5.75 Å². The Hall–Kier alpha value is -2.77. The van der Waals surface area contributed by atoms with Crippen LogP contribution in [-0.4, -0.2) is 26.9 Å². The third-order valence-corrected chi connectivity index (χ3v) is 4.86. The summed E-state index contributed by atoms with van der Waals surface area (Å²) < 4.78 is 0. The van der Waals surface area contributed by atoms with Crippen molar-refractivity contribution in [3.63, 3.8) is 0 Å². The lowest BCUT2D eigenvalue weighted by molar-refractivity contribution is -0.113. The monoisotopic (exact) mass is 400 g/mol. The average molecular weight is 401 g/mol. The number of alkyl halides is 1. The number of hydrogen-bond acceptors (Lipinski definition) is 6. The summed E-state index contributed by atoms with van der Waals surface area (Å²) in [6.45, 7) is 1.94. The van der Waals surface area contributed by atoms with E-state index in [2.05, 4.69) is 20.6 Å². The lowest BCUT2D eigenvalue weighted by atomic mass is 10.3. The van der Waals surface area contributed by atoms with E-state index in [1.807, 2.05) is 37.3 Å². The summed E-state index contributed by atoms with van der Waals surface area (Å²) >= 11 is 6.99. The van der Waals surface area contributed by atoms with Crippen LogP contribution in [-0.2, 0) is 4.79 Å². The van der Waals surface area contributed by atoms with Gasteiger partial charge >= 0.3 is 0 Å². The lowest BCUT2D eigenvalue weighted by Gasteiger charge is -2.09. The van der Waals surface area contributed by atoms with Gasteiger partial charge in [0.05, 0.1) is 0 Å². The van der Waals surface area contributed by atoms with Gasteiger partial charge in [0, 0.05) is 34.1 Å².